The van der Waals surface area contributed by atoms with E-state index in [1.807, 2.05) is 124 Å². The Kier molecular flexibility index (Phi) is 13.8. The Hall–Kier alpha value is -9.24. The van der Waals surface area contributed by atoms with Crippen molar-refractivity contribution < 1.29 is 4.79 Å². The van der Waals surface area contributed by atoms with Crippen LogP contribution in [-0.4, -0.2) is 98.3 Å². The number of pyridine rings is 2. The van der Waals surface area contributed by atoms with Crippen molar-refractivity contribution in [3.63, 3.8) is 0 Å². The van der Waals surface area contributed by atoms with E-state index in [1.165, 1.54) is 28.3 Å². The molecule has 1 aromatic carbocycles. The molecule has 14 rings (SSSR count). The molecule has 0 fully saturated rings. The van der Waals surface area contributed by atoms with Crippen molar-refractivity contribution in [2.24, 2.45) is 0 Å². The predicted octanol–water partition coefficient (Wildman–Crippen LogP) is 5.82. The molecule has 20 nitrogen and oxygen atoms in total. The molecular formula is C43H35N19OS. The van der Waals surface area contributed by atoms with E-state index in [2.05, 4.69) is 71.4 Å². The summed E-state index contributed by atoms with van der Waals surface area (Å²) in [5.41, 5.74) is 7.29. The number of para-hydroxylation sites is 1. The molecule has 64 heavy (non-hydrogen) atoms. The molecule has 0 saturated carbocycles. The van der Waals surface area contributed by atoms with Crippen molar-refractivity contribution >= 4 is 61.8 Å². The summed E-state index contributed by atoms with van der Waals surface area (Å²) in [6, 6.07) is 27.3. The second kappa shape index (κ2) is 21.3. The number of fused-ring (bicyclic) bond motifs is 7. The highest BCUT2D eigenvalue weighted by atomic mass is 32.1. The Bertz CT molecular complexity index is 2780. The average molecular weight is 866 g/mol. The van der Waals surface area contributed by atoms with Gasteiger partial charge in [-0.3, -0.25) is 9.78 Å². The summed E-state index contributed by atoms with van der Waals surface area (Å²) in [6.45, 7) is 0. The number of nitrogens with zero attached hydrogens (tertiary/aromatic N) is 19. The third-order valence-corrected chi connectivity index (χ3v) is 9.35. The first kappa shape index (κ1) is 41.5. The Labute approximate surface area is 366 Å². The number of ketones is 1. The van der Waals surface area contributed by atoms with E-state index in [9.17, 15) is 4.79 Å². The van der Waals surface area contributed by atoms with Gasteiger partial charge in [0.25, 0.3) is 0 Å². The summed E-state index contributed by atoms with van der Waals surface area (Å²) in [5.74, 6) is 0.950. The zero-order chi connectivity index (χ0) is 43.6. The van der Waals surface area contributed by atoms with Crippen LogP contribution < -0.4 is 0 Å². The van der Waals surface area contributed by atoms with Gasteiger partial charge in [0.1, 0.15) is 30.5 Å². The first-order chi connectivity index (χ1) is 31.7. The van der Waals surface area contributed by atoms with Gasteiger partial charge >= 0.3 is 0 Å². The van der Waals surface area contributed by atoms with Crippen molar-refractivity contribution in [2.45, 2.75) is 6.42 Å². The molecule has 12 aromatic heterocycles. The lowest BCUT2D eigenvalue weighted by molar-refractivity contribution is -0.114. The van der Waals surface area contributed by atoms with Crippen LogP contribution in [0, 0.1) is 0 Å². The van der Waals surface area contributed by atoms with E-state index in [0.717, 1.165) is 39.6 Å². The van der Waals surface area contributed by atoms with E-state index in [-0.39, 0.29) is 5.78 Å². The summed E-state index contributed by atoms with van der Waals surface area (Å²) < 4.78 is 11.7. The van der Waals surface area contributed by atoms with Gasteiger partial charge in [0.2, 0.25) is 0 Å². The molecule has 0 N–H and O–H groups in total. The van der Waals surface area contributed by atoms with Crippen molar-refractivity contribution in [1.82, 2.24) is 92.5 Å². The van der Waals surface area contributed by atoms with Gasteiger partial charge in [0.05, 0.1) is 28.3 Å². The minimum absolute atomic E-state index is 0.124. The van der Waals surface area contributed by atoms with E-state index in [1.54, 1.807) is 86.7 Å². The molecule has 1 aliphatic rings. The van der Waals surface area contributed by atoms with Gasteiger partial charge in [-0.2, -0.15) is 20.4 Å². The Balaban J connectivity index is 0.000000102. The molecule has 0 amide bonds. The molecule has 21 heteroatoms. The smallest absolute Gasteiger partial charge is 0.175 e. The van der Waals surface area contributed by atoms with Crippen molar-refractivity contribution in [1.29, 1.82) is 0 Å². The molecule has 0 atom stereocenters. The van der Waals surface area contributed by atoms with E-state index >= 15 is 0 Å². The third kappa shape index (κ3) is 11.3. The highest BCUT2D eigenvalue weighted by Gasteiger charge is 2.09. The second-order valence-corrected chi connectivity index (χ2v) is 13.6. The minimum Gasteiger partial charge on any atom is -0.310 e. The van der Waals surface area contributed by atoms with Gasteiger partial charge in [-0.05, 0) is 66.7 Å². The normalized spacial score (nSPS) is 11.0. The van der Waals surface area contributed by atoms with Crippen LogP contribution in [0.1, 0.15) is 5.82 Å². The van der Waals surface area contributed by atoms with Crippen molar-refractivity contribution in [2.75, 3.05) is 0 Å². The number of hydrogen-bond acceptors (Lipinski definition) is 15. The molecular weight excluding hydrogens is 831 g/mol. The molecule has 0 bridgehead atoms. The number of allylic oxidation sites excluding steroid dienone is 1. The van der Waals surface area contributed by atoms with Crippen LogP contribution in [0.15, 0.2) is 196 Å². The van der Waals surface area contributed by atoms with Crippen LogP contribution in [0.3, 0.4) is 0 Å². The lowest BCUT2D eigenvalue weighted by Crippen LogP contribution is -2.09. The maximum atomic E-state index is 10.8. The van der Waals surface area contributed by atoms with E-state index in [0.29, 0.717) is 6.42 Å². The number of carbonyl (C=O) groups is 1. The van der Waals surface area contributed by atoms with Crippen LogP contribution in [0.25, 0.3) is 44.7 Å². The number of carbonyl (C=O) groups excluding carboxylic acids is 1. The fourth-order valence-corrected chi connectivity index (χ4v) is 6.22. The van der Waals surface area contributed by atoms with Gasteiger partial charge in [-0.15, -0.1) is 21.1 Å². The molecule has 0 saturated heterocycles. The SMILES string of the molecule is O=C1C=Cn2ccnc2C1.c1ccc2scnc2c1.c1ccn2ccnc2c1.c1ccn2ncnc2c1.c1cn2ncnc2cn1.c1cnn2ccnc2c1.c1cnn2ncnc2c1. The van der Waals surface area contributed by atoms with Crippen LogP contribution in [0.2, 0.25) is 0 Å². The maximum absolute atomic E-state index is 10.8. The highest BCUT2D eigenvalue weighted by molar-refractivity contribution is 7.16. The fourth-order valence-electron chi connectivity index (χ4n) is 5.54. The fraction of sp³-hybridized carbons (Fsp3) is 0.0233. The standard InChI is InChI=1S/C7H6N2O.C7H6N2.C7H5NS.2C6H5N3.2C5H4N4/c10-6-1-3-9-4-2-8-7(9)5-6;1-2-5-9-6-4-8-7(9)3-1;1-2-4-7-6(3-1)8-5-9-7;1-2-6-7-4-5-9(6)8-3-1;1-2-4-9-6(3-1)7-5-8-9;1-2-9-5(3-6-1)7-4-8-9;1-2-5-6-4-8-9(5)7-3-1/h1-4H,5H2;1-6H;3*1-5H;2*1-4H. The van der Waals surface area contributed by atoms with Gasteiger partial charge in [0, 0.05) is 80.6 Å². The van der Waals surface area contributed by atoms with Crippen molar-refractivity contribution in [3.05, 3.63) is 202 Å². The van der Waals surface area contributed by atoms with Crippen LogP contribution in [0.4, 0.5) is 0 Å². The molecule has 0 aliphatic carbocycles. The van der Waals surface area contributed by atoms with Crippen LogP contribution in [0.5, 0.6) is 0 Å². The monoisotopic (exact) mass is 865 g/mol. The number of aromatic nitrogens is 19. The number of hydrogen-bond donors (Lipinski definition) is 0. The van der Waals surface area contributed by atoms with Gasteiger partial charge in [-0.1, -0.05) is 24.3 Å². The number of rotatable bonds is 0. The third-order valence-electron chi connectivity index (χ3n) is 8.54. The summed E-state index contributed by atoms with van der Waals surface area (Å²) in [7, 11) is 0. The molecule has 0 spiro atoms. The number of thiazole rings is 1. The van der Waals surface area contributed by atoms with Crippen LogP contribution in [-0.2, 0) is 11.2 Å². The minimum atomic E-state index is 0.124. The topological polar surface area (TPSA) is 212 Å². The molecule has 13 aromatic rings. The molecule has 314 valence electrons. The average Bonchev–Trinajstić information content (AvgIpc) is 4.21. The molecule has 0 radical (unpaired) electrons. The zero-order valence-corrected chi connectivity index (χ0v) is 34.4. The Morgan fingerprint density at radius 2 is 1.14 bits per heavy atom. The first-order valence-electron chi connectivity index (χ1n) is 19.2. The summed E-state index contributed by atoms with van der Waals surface area (Å²) in [4.78, 5) is 42.7. The highest BCUT2D eigenvalue weighted by Crippen LogP contribution is 2.15. The summed E-state index contributed by atoms with van der Waals surface area (Å²) >= 11 is 1.68. The Morgan fingerprint density at radius 1 is 0.484 bits per heavy atom. The number of benzene rings is 1. The summed E-state index contributed by atoms with van der Waals surface area (Å²) in [6.07, 6.45) is 31.3. The summed E-state index contributed by atoms with van der Waals surface area (Å²) in [5, 5.41) is 19.5. The van der Waals surface area contributed by atoms with Gasteiger partial charge in [0.15, 0.2) is 28.4 Å². The maximum Gasteiger partial charge on any atom is 0.175 e. The van der Waals surface area contributed by atoms with Gasteiger partial charge < -0.3 is 8.97 Å². The Morgan fingerprint density at radius 3 is 1.97 bits per heavy atom. The quantitative estimate of drug-likeness (QED) is 0.176. The van der Waals surface area contributed by atoms with E-state index in [4.69, 9.17) is 0 Å². The largest absolute Gasteiger partial charge is 0.310 e. The van der Waals surface area contributed by atoms with Crippen LogP contribution >= 0.6 is 11.3 Å². The van der Waals surface area contributed by atoms with E-state index < -0.39 is 0 Å². The molecule has 13 heterocycles. The first-order valence-corrected chi connectivity index (χ1v) is 20.1. The molecule has 0 unspecified atom stereocenters. The van der Waals surface area contributed by atoms with Crippen molar-refractivity contribution in [3.8, 4) is 0 Å². The lowest BCUT2D eigenvalue weighted by Gasteiger charge is -2.03. The lowest BCUT2D eigenvalue weighted by atomic mass is 10.2. The second-order valence-electron chi connectivity index (χ2n) is 12.7. The zero-order valence-electron chi connectivity index (χ0n) is 33.6. The molecule has 1 aliphatic heterocycles. The van der Waals surface area contributed by atoms with Gasteiger partial charge in [-0.25, -0.2) is 48.4 Å². The predicted molar refractivity (Wildman–Crippen MR) is 239 cm³/mol. The number of imidazole rings is 3.